The van der Waals surface area contributed by atoms with Gasteiger partial charge in [-0.05, 0) is 24.2 Å². The minimum Gasteiger partial charge on any atom is -0.326 e. The van der Waals surface area contributed by atoms with Gasteiger partial charge in [-0.15, -0.1) is 0 Å². The number of hydrogen-bond donors (Lipinski definition) is 2. The molecule has 20 heavy (non-hydrogen) atoms. The Hall–Kier alpha value is -1.43. The Labute approximate surface area is 119 Å². The monoisotopic (exact) mass is 274 g/mol. The molecule has 0 saturated carbocycles. The second-order valence-electron chi connectivity index (χ2n) is 5.85. The molecule has 0 spiro atoms. The average molecular weight is 274 g/mol. The van der Waals surface area contributed by atoms with Crippen LogP contribution in [0.4, 0.5) is 5.69 Å². The van der Waals surface area contributed by atoms with E-state index in [1.54, 1.807) is 0 Å². The summed E-state index contributed by atoms with van der Waals surface area (Å²) in [6, 6.07) is 6.10. The van der Waals surface area contributed by atoms with Gasteiger partial charge in [-0.1, -0.05) is 12.1 Å². The number of anilines is 1. The summed E-state index contributed by atoms with van der Waals surface area (Å²) in [5.74, 6) is 0.0739. The molecule has 108 valence electrons. The Bertz CT molecular complexity index is 509. The van der Waals surface area contributed by atoms with Gasteiger partial charge >= 0.3 is 0 Å². The van der Waals surface area contributed by atoms with E-state index >= 15 is 0 Å². The van der Waals surface area contributed by atoms with Crippen LogP contribution in [-0.4, -0.2) is 55.5 Å². The molecule has 0 aromatic heterocycles. The smallest absolute Gasteiger partial charge is 0.228 e. The minimum atomic E-state index is 0.0133. The first-order valence-electron chi connectivity index (χ1n) is 7.21. The number of nitrogens with zero attached hydrogens (tertiary/aromatic N) is 2. The molecule has 0 bridgehead atoms. The Kier molecular flexibility index (Phi) is 3.74. The first-order chi connectivity index (χ1) is 9.61. The van der Waals surface area contributed by atoms with Gasteiger partial charge in [0.05, 0.1) is 6.42 Å². The van der Waals surface area contributed by atoms with Crippen molar-refractivity contribution < 1.29 is 4.79 Å². The van der Waals surface area contributed by atoms with E-state index in [0.29, 0.717) is 6.42 Å². The lowest BCUT2D eigenvalue weighted by Gasteiger charge is -2.34. The maximum absolute atomic E-state index is 11.4. The molecule has 2 aliphatic heterocycles. The average Bonchev–Trinajstić information content (AvgIpc) is 2.80. The van der Waals surface area contributed by atoms with Crippen LogP contribution >= 0.6 is 0 Å². The van der Waals surface area contributed by atoms with Gasteiger partial charge in [0.1, 0.15) is 0 Å². The van der Waals surface area contributed by atoms with Crippen LogP contribution in [0.5, 0.6) is 0 Å². The van der Waals surface area contributed by atoms with Gasteiger partial charge in [0, 0.05) is 44.5 Å². The van der Waals surface area contributed by atoms with E-state index in [1.807, 2.05) is 12.1 Å². The predicted molar refractivity (Wildman–Crippen MR) is 79.6 cm³/mol. The molecule has 3 rings (SSSR count). The highest BCUT2D eigenvalue weighted by molar-refractivity contribution is 5.99. The van der Waals surface area contributed by atoms with Crippen LogP contribution in [0.1, 0.15) is 17.2 Å². The van der Waals surface area contributed by atoms with Crippen molar-refractivity contribution in [3.63, 3.8) is 0 Å². The normalized spacial score (nSPS) is 21.6. The molecule has 5 heteroatoms. The molecule has 1 unspecified atom stereocenters. The van der Waals surface area contributed by atoms with Gasteiger partial charge in [-0.2, -0.15) is 0 Å². The fourth-order valence-corrected chi connectivity index (χ4v) is 2.89. The quantitative estimate of drug-likeness (QED) is 0.839. The van der Waals surface area contributed by atoms with E-state index in [9.17, 15) is 4.79 Å². The SMILES string of the molecule is CN1CCN(CC(N)c2ccc3c(c2)CC(=O)N3)CC1. The zero-order chi connectivity index (χ0) is 14.1. The fraction of sp³-hybridized carbons (Fsp3) is 0.533. The first-order valence-corrected chi connectivity index (χ1v) is 7.21. The highest BCUT2D eigenvalue weighted by Crippen LogP contribution is 2.26. The number of fused-ring (bicyclic) bond motifs is 1. The third-order valence-electron chi connectivity index (χ3n) is 4.23. The van der Waals surface area contributed by atoms with Crippen molar-refractivity contribution in [3.8, 4) is 0 Å². The summed E-state index contributed by atoms with van der Waals surface area (Å²) < 4.78 is 0. The molecule has 3 N–H and O–H groups in total. The van der Waals surface area contributed by atoms with Crippen LogP contribution in [0.2, 0.25) is 0 Å². The zero-order valence-corrected chi connectivity index (χ0v) is 11.9. The van der Waals surface area contributed by atoms with Crippen molar-refractivity contribution in [3.05, 3.63) is 29.3 Å². The van der Waals surface area contributed by atoms with E-state index in [1.165, 1.54) is 0 Å². The van der Waals surface area contributed by atoms with Crippen molar-refractivity contribution in [2.75, 3.05) is 45.1 Å². The second kappa shape index (κ2) is 5.52. The topological polar surface area (TPSA) is 61.6 Å². The Morgan fingerprint density at radius 2 is 2.05 bits per heavy atom. The van der Waals surface area contributed by atoms with Gasteiger partial charge in [0.15, 0.2) is 0 Å². The highest BCUT2D eigenvalue weighted by atomic mass is 16.1. The van der Waals surface area contributed by atoms with Crippen LogP contribution < -0.4 is 11.1 Å². The Morgan fingerprint density at radius 1 is 1.30 bits per heavy atom. The maximum Gasteiger partial charge on any atom is 0.228 e. The summed E-state index contributed by atoms with van der Waals surface area (Å²) in [5.41, 5.74) is 9.46. The number of likely N-dealkylation sites (N-methyl/N-ethyl adjacent to an activating group) is 1. The van der Waals surface area contributed by atoms with Gasteiger partial charge < -0.3 is 16.0 Å². The minimum absolute atomic E-state index is 0.0133. The van der Waals surface area contributed by atoms with Crippen molar-refractivity contribution in [2.24, 2.45) is 5.73 Å². The number of carbonyl (C=O) groups excluding carboxylic acids is 1. The lowest BCUT2D eigenvalue weighted by Crippen LogP contribution is -2.46. The molecule has 5 nitrogen and oxygen atoms in total. The summed E-state index contributed by atoms with van der Waals surface area (Å²) in [6.45, 7) is 5.25. The molecule has 2 heterocycles. The van der Waals surface area contributed by atoms with E-state index in [0.717, 1.165) is 49.5 Å². The van der Waals surface area contributed by atoms with Crippen LogP contribution in [0.25, 0.3) is 0 Å². The molecular formula is C15H22N4O. The summed E-state index contributed by atoms with van der Waals surface area (Å²) in [5, 5.41) is 2.85. The molecular weight excluding hydrogens is 252 g/mol. The second-order valence-corrected chi connectivity index (χ2v) is 5.85. The number of rotatable bonds is 3. The van der Waals surface area contributed by atoms with Crippen LogP contribution in [0.3, 0.4) is 0 Å². The Morgan fingerprint density at radius 3 is 2.80 bits per heavy atom. The molecule has 1 aromatic carbocycles. The molecule has 1 fully saturated rings. The van der Waals surface area contributed by atoms with Gasteiger partial charge in [-0.3, -0.25) is 9.69 Å². The lowest BCUT2D eigenvalue weighted by molar-refractivity contribution is -0.115. The predicted octanol–water partition coefficient (Wildman–Crippen LogP) is 0.428. The molecule has 1 aromatic rings. The van der Waals surface area contributed by atoms with E-state index < -0.39 is 0 Å². The molecule has 0 aliphatic carbocycles. The van der Waals surface area contributed by atoms with Crippen LogP contribution in [0.15, 0.2) is 18.2 Å². The van der Waals surface area contributed by atoms with Crippen molar-refractivity contribution in [1.29, 1.82) is 0 Å². The molecule has 1 amide bonds. The lowest BCUT2D eigenvalue weighted by atomic mass is 10.0. The third kappa shape index (κ3) is 2.85. The number of piperazine rings is 1. The fourth-order valence-electron chi connectivity index (χ4n) is 2.89. The number of hydrogen-bond acceptors (Lipinski definition) is 4. The van der Waals surface area contributed by atoms with E-state index in [2.05, 4.69) is 28.2 Å². The number of carbonyl (C=O) groups is 1. The summed E-state index contributed by atoms with van der Waals surface area (Å²) >= 11 is 0. The summed E-state index contributed by atoms with van der Waals surface area (Å²) in [7, 11) is 2.15. The van der Waals surface area contributed by atoms with Gasteiger partial charge in [-0.25, -0.2) is 0 Å². The summed E-state index contributed by atoms with van der Waals surface area (Å²) in [6.07, 6.45) is 0.477. The van der Waals surface area contributed by atoms with E-state index in [4.69, 9.17) is 5.73 Å². The Balaban J connectivity index is 1.64. The highest BCUT2D eigenvalue weighted by Gasteiger charge is 2.21. The van der Waals surface area contributed by atoms with Gasteiger partial charge in [0.2, 0.25) is 5.91 Å². The molecule has 2 aliphatic rings. The van der Waals surface area contributed by atoms with Gasteiger partial charge in [0.25, 0.3) is 0 Å². The van der Waals surface area contributed by atoms with E-state index in [-0.39, 0.29) is 11.9 Å². The number of amides is 1. The maximum atomic E-state index is 11.4. The first kappa shape index (κ1) is 13.5. The number of benzene rings is 1. The summed E-state index contributed by atoms with van der Waals surface area (Å²) in [4.78, 5) is 16.1. The van der Waals surface area contributed by atoms with Crippen LogP contribution in [0, 0.1) is 0 Å². The largest absolute Gasteiger partial charge is 0.326 e. The molecule has 1 saturated heterocycles. The number of nitrogens with one attached hydrogen (secondary N) is 1. The van der Waals surface area contributed by atoms with Crippen molar-refractivity contribution in [2.45, 2.75) is 12.5 Å². The number of nitrogens with two attached hydrogens (primary N) is 1. The molecule has 1 atom stereocenters. The van der Waals surface area contributed by atoms with Crippen LogP contribution in [-0.2, 0) is 11.2 Å². The third-order valence-corrected chi connectivity index (χ3v) is 4.23. The van der Waals surface area contributed by atoms with Crippen molar-refractivity contribution in [1.82, 2.24) is 9.80 Å². The zero-order valence-electron chi connectivity index (χ0n) is 11.9. The standard InChI is InChI=1S/C15H22N4O/c1-18-4-6-19(7-5-18)10-13(16)11-2-3-14-12(8-11)9-15(20)17-14/h2-3,8,13H,4-7,9-10,16H2,1H3,(H,17,20). The molecule has 0 radical (unpaired) electrons. The van der Waals surface area contributed by atoms with Crippen molar-refractivity contribution >= 4 is 11.6 Å².